The Bertz CT molecular complexity index is 1210. The van der Waals surface area contributed by atoms with Gasteiger partial charge in [-0.2, -0.15) is 0 Å². The van der Waals surface area contributed by atoms with Gasteiger partial charge in [0.1, 0.15) is 0 Å². The predicted molar refractivity (Wildman–Crippen MR) is 112 cm³/mol. The van der Waals surface area contributed by atoms with E-state index in [4.69, 9.17) is 4.99 Å². The van der Waals surface area contributed by atoms with Gasteiger partial charge in [-0.15, -0.1) is 0 Å². The van der Waals surface area contributed by atoms with Crippen molar-refractivity contribution in [3.05, 3.63) is 86.6 Å². The van der Waals surface area contributed by atoms with Gasteiger partial charge in [0.05, 0.1) is 16.6 Å². The zero-order chi connectivity index (χ0) is 21.2. The molecule has 150 valence electrons. The van der Waals surface area contributed by atoms with Crippen molar-refractivity contribution in [2.75, 3.05) is 0 Å². The number of nitro groups is 1. The van der Waals surface area contributed by atoms with Crippen LogP contribution in [0.4, 0.5) is 5.69 Å². The van der Waals surface area contributed by atoms with Crippen LogP contribution in [0.5, 0.6) is 0 Å². The van der Waals surface area contributed by atoms with Crippen LogP contribution in [0.1, 0.15) is 54.1 Å². The van der Waals surface area contributed by atoms with E-state index in [1.165, 1.54) is 12.1 Å². The van der Waals surface area contributed by atoms with E-state index in [-0.39, 0.29) is 22.7 Å². The quantitative estimate of drug-likeness (QED) is 0.543. The lowest BCUT2D eigenvalue weighted by Crippen LogP contribution is -2.37. The van der Waals surface area contributed by atoms with Gasteiger partial charge in [-0.25, -0.2) is 0 Å². The fourth-order valence-corrected chi connectivity index (χ4v) is 5.08. The van der Waals surface area contributed by atoms with Crippen LogP contribution in [0.25, 0.3) is 0 Å². The third-order valence-electron chi connectivity index (χ3n) is 6.28. The first-order valence-electron chi connectivity index (χ1n) is 10.00. The average molecular weight is 400 g/mol. The highest BCUT2D eigenvalue weighted by Gasteiger charge is 2.50. The summed E-state index contributed by atoms with van der Waals surface area (Å²) in [7, 11) is 0. The molecule has 0 spiro atoms. The summed E-state index contributed by atoms with van der Waals surface area (Å²) < 4.78 is 0. The Morgan fingerprint density at radius 3 is 2.47 bits per heavy atom. The molecule has 5 rings (SSSR count). The zero-order valence-corrected chi connectivity index (χ0v) is 16.7. The summed E-state index contributed by atoms with van der Waals surface area (Å²) in [5, 5.41) is 11.4. The number of fused-ring (bicyclic) bond motifs is 3. The average Bonchev–Trinajstić information content (AvgIpc) is 2.98. The van der Waals surface area contributed by atoms with Crippen LogP contribution in [0.2, 0.25) is 0 Å². The monoisotopic (exact) mass is 400 g/mol. The summed E-state index contributed by atoms with van der Waals surface area (Å²) in [5.74, 6) is -1.29. The Morgan fingerprint density at radius 2 is 1.73 bits per heavy atom. The van der Waals surface area contributed by atoms with Crippen LogP contribution in [0, 0.1) is 21.4 Å². The lowest BCUT2D eigenvalue weighted by molar-refractivity contribution is -0.384. The van der Waals surface area contributed by atoms with E-state index >= 15 is 0 Å². The minimum absolute atomic E-state index is 0.0238. The van der Waals surface area contributed by atoms with Crippen LogP contribution in [-0.2, 0) is 4.79 Å². The Morgan fingerprint density at radius 1 is 1.00 bits per heavy atom. The van der Waals surface area contributed by atoms with Gasteiger partial charge in [-0.3, -0.25) is 24.7 Å². The molecule has 0 amide bonds. The molecule has 0 aromatic heterocycles. The second-order valence-corrected chi connectivity index (χ2v) is 9.02. The number of carbonyl (C=O) groups excluding carboxylic acids is 2. The van der Waals surface area contributed by atoms with Crippen LogP contribution >= 0.6 is 0 Å². The first-order chi connectivity index (χ1) is 14.3. The lowest BCUT2D eigenvalue weighted by atomic mass is 9.66. The van der Waals surface area contributed by atoms with Crippen molar-refractivity contribution in [1.29, 1.82) is 0 Å². The molecule has 0 N–H and O–H groups in total. The smallest absolute Gasteiger partial charge is 0.269 e. The molecule has 1 heterocycles. The number of carbonyl (C=O) groups is 2. The SMILES string of the molecule is CC1(C)CC(=O)C2=C(C1)N=C1c3ccccc3C(=O)[C@@H]1[C@@H]2c1cccc([N+](=O)[O-])c1. The van der Waals surface area contributed by atoms with Crippen molar-refractivity contribution in [2.24, 2.45) is 16.3 Å². The third kappa shape index (κ3) is 2.67. The number of ketones is 2. The molecule has 30 heavy (non-hydrogen) atoms. The molecule has 0 saturated heterocycles. The van der Waals surface area contributed by atoms with E-state index in [1.807, 2.05) is 32.0 Å². The molecule has 2 aromatic rings. The molecule has 1 aliphatic heterocycles. The number of aliphatic imine (C=N–C) groups is 1. The Hall–Kier alpha value is -3.41. The molecule has 0 fully saturated rings. The minimum atomic E-state index is -0.631. The van der Waals surface area contributed by atoms with Gasteiger partial charge in [0.25, 0.3) is 5.69 Å². The molecule has 0 radical (unpaired) electrons. The van der Waals surface area contributed by atoms with Gasteiger partial charge in [-0.05, 0) is 17.4 Å². The van der Waals surface area contributed by atoms with Crippen LogP contribution in [0.3, 0.4) is 0 Å². The molecule has 2 atom stereocenters. The van der Waals surface area contributed by atoms with Gasteiger partial charge in [0.15, 0.2) is 11.6 Å². The van der Waals surface area contributed by atoms with Gasteiger partial charge >= 0.3 is 0 Å². The van der Waals surface area contributed by atoms with E-state index in [2.05, 4.69) is 0 Å². The van der Waals surface area contributed by atoms with Gasteiger partial charge in [0.2, 0.25) is 0 Å². The Balaban J connectivity index is 1.77. The minimum Gasteiger partial charge on any atom is -0.294 e. The third-order valence-corrected chi connectivity index (χ3v) is 6.28. The second kappa shape index (κ2) is 6.29. The molecule has 2 aliphatic carbocycles. The molecule has 0 saturated carbocycles. The van der Waals surface area contributed by atoms with Gasteiger partial charge in [0, 0.05) is 46.9 Å². The largest absolute Gasteiger partial charge is 0.294 e. The number of nitro benzene ring substituents is 1. The highest BCUT2D eigenvalue weighted by atomic mass is 16.6. The Kier molecular flexibility index (Phi) is 3.90. The number of allylic oxidation sites excluding steroid dienone is 2. The fourth-order valence-electron chi connectivity index (χ4n) is 5.08. The number of benzene rings is 2. The van der Waals surface area contributed by atoms with E-state index in [0.717, 1.165) is 5.56 Å². The van der Waals surface area contributed by atoms with Crippen molar-refractivity contribution < 1.29 is 14.5 Å². The molecular formula is C24H20N2O4. The first kappa shape index (κ1) is 18.6. The van der Waals surface area contributed by atoms with Crippen molar-refractivity contribution in [1.82, 2.24) is 0 Å². The number of rotatable bonds is 2. The molecular weight excluding hydrogens is 380 g/mol. The molecule has 6 nitrogen and oxygen atoms in total. The van der Waals surface area contributed by atoms with Crippen LogP contribution in [0.15, 0.2) is 64.8 Å². The van der Waals surface area contributed by atoms with Crippen LogP contribution in [-0.4, -0.2) is 22.2 Å². The number of hydrogen-bond donors (Lipinski definition) is 0. The molecule has 0 bridgehead atoms. The van der Waals surface area contributed by atoms with Gasteiger partial charge < -0.3 is 0 Å². The summed E-state index contributed by atoms with van der Waals surface area (Å²) in [6.45, 7) is 4.08. The summed E-state index contributed by atoms with van der Waals surface area (Å²) >= 11 is 0. The zero-order valence-electron chi connectivity index (χ0n) is 16.7. The molecule has 2 aromatic carbocycles. The highest BCUT2D eigenvalue weighted by Crippen LogP contribution is 2.51. The first-order valence-corrected chi connectivity index (χ1v) is 10.00. The summed E-state index contributed by atoms with van der Waals surface area (Å²) in [4.78, 5) is 42.4. The van der Waals surface area contributed by atoms with E-state index < -0.39 is 16.8 Å². The number of hydrogen-bond acceptors (Lipinski definition) is 5. The van der Waals surface area contributed by atoms with Gasteiger partial charge in [-0.1, -0.05) is 50.2 Å². The summed E-state index contributed by atoms with van der Waals surface area (Å²) in [6.07, 6.45) is 1.00. The van der Waals surface area contributed by atoms with Crippen molar-refractivity contribution >= 4 is 23.0 Å². The van der Waals surface area contributed by atoms with E-state index in [0.29, 0.717) is 41.0 Å². The van der Waals surface area contributed by atoms with E-state index in [9.17, 15) is 19.7 Å². The molecule has 0 unspecified atom stereocenters. The number of Topliss-reactive ketones (excluding diaryl/α,β-unsaturated/α-hetero) is 2. The number of nitrogens with zero attached hydrogens (tertiary/aromatic N) is 2. The fraction of sp³-hybridized carbons (Fsp3) is 0.292. The maximum Gasteiger partial charge on any atom is 0.269 e. The van der Waals surface area contributed by atoms with Crippen molar-refractivity contribution in [3.8, 4) is 0 Å². The predicted octanol–water partition coefficient (Wildman–Crippen LogP) is 4.64. The molecule has 6 heteroatoms. The van der Waals surface area contributed by atoms with Crippen LogP contribution < -0.4 is 0 Å². The Labute approximate surface area is 173 Å². The lowest BCUT2D eigenvalue weighted by Gasteiger charge is -2.38. The maximum absolute atomic E-state index is 13.4. The second-order valence-electron chi connectivity index (χ2n) is 9.02. The summed E-state index contributed by atoms with van der Waals surface area (Å²) in [5.41, 5.74) is 3.68. The topological polar surface area (TPSA) is 89.6 Å². The standard InChI is InChI=1S/C24H20N2O4/c1-24(2)11-17-20(18(27)12-24)19(13-6-5-7-14(10-13)26(29)30)21-22(25-17)15-8-3-4-9-16(15)23(21)28/h3-10,19,21H,11-12H2,1-2H3/t19-,21-/m1/s1. The number of non-ortho nitro benzene ring substituents is 1. The molecule has 3 aliphatic rings. The van der Waals surface area contributed by atoms with Crippen molar-refractivity contribution in [3.63, 3.8) is 0 Å². The highest BCUT2D eigenvalue weighted by molar-refractivity contribution is 6.30. The van der Waals surface area contributed by atoms with E-state index in [1.54, 1.807) is 18.2 Å². The summed E-state index contributed by atoms with van der Waals surface area (Å²) in [6, 6.07) is 13.7. The normalized spacial score (nSPS) is 24.1. The maximum atomic E-state index is 13.4. The van der Waals surface area contributed by atoms with Crippen molar-refractivity contribution in [2.45, 2.75) is 32.6 Å².